The number of nitrogens with two attached hydrogens (primary N) is 1. The highest BCUT2D eigenvalue weighted by Gasteiger charge is 2.32. The van der Waals surface area contributed by atoms with Gasteiger partial charge in [0.15, 0.2) is 0 Å². The minimum absolute atomic E-state index is 0.0154. The zero-order valence-corrected chi connectivity index (χ0v) is 12.9. The summed E-state index contributed by atoms with van der Waals surface area (Å²) in [5.41, 5.74) is 5.45. The van der Waals surface area contributed by atoms with Gasteiger partial charge in [-0.25, -0.2) is 8.42 Å². The van der Waals surface area contributed by atoms with Crippen LogP contribution in [0, 0.1) is 0 Å². The minimum atomic E-state index is -3.56. The Labute approximate surface area is 120 Å². The molecule has 0 bridgehead atoms. The van der Waals surface area contributed by atoms with Gasteiger partial charge in [0, 0.05) is 13.1 Å². The van der Waals surface area contributed by atoms with E-state index in [1.807, 2.05) is 0 Å². The van der Waals surface area contributed by atoms with Crippen molar-refractivity contribution in [3.05, 3.63) is 17.9 Å². The molecule has 0 spiro atoms. The Bertz CT molecular complexity index is 533. The first-order chi connectivity index (χ1) is 9.48. The summed E-state index contributed by atoms with van der Waals surface area (Å²) in [7, 11) is -1.93. The van der Waals surface area contributed by atoms with Crippen LogP contribution < -0.4 is 5.73 Å². The van der Waals surface area contributed by atoms with Crippen LogP contribution in [-0.4, -0.2) is 50.3 Å². The minimum Gasteiger partial charge on any atom is -0.447 e. The van der Waals surface area contributed by atoms with Gasteiger partial charge >= 0.3 is 0 Å². The summed E-state index contributed by atoms with van der Waals surface area (Å²) < 4.78 is 31.7. The third-order valence-electron chi connectivity index (χ3n) is 3.99. The lowest BCUT2D eigenvalue weighted by Gasteiger charge is -2.35. The normalized spacial score (nSPS) is 18.8. The van der Waals surface area contributed by atoms with Gasteiger partial charge in [-0.15, -0.1) is 0 Å². The van der Waals surface area contributed by atoms with Crippen molar-refractivity contribution in [1.82, 2.24) is 9.21 Å². The number of sulfonamides is 1. The Kier molecular flexibility index (Phi) is 4.85. The molecule has 1 aromatic heterocycles. The second-order valence-corrected chi connectivity index (χ2v) is 7.04. The van der Waals surface area contributed by atoms with Crippen LogP contribution in [0.15, 0.2) is 21.6 Å². The average Bonchev–Trinajstić information content (AvgIpc) is 2.96. The highest BCUT2D eigenvalue weighted by Crippen LogP contribution is 2.23. The molecule has 0 saturated carbocycles. The number of hydrogen-bond acceptors (Lipinski definition) is 5. The fraction of sp³-hybridized carbons (Fsp3) is 0.692. The molecule has 1 aliphatic rings. The maximum atomic E-state index is 12.5. The molecule has 0 radical (unpaired) electrons. The van der Waals surface area contributed by atoms with E-state index in [4.69, 9.17) is 10.2 Å². The molecule has 1 aromatic rings. The van der Waals surface area contributed by atoms with Gasteiger partial charge in [-0.3, -0.25) is 0 Å². The van der Waals surface area contributed by atoms with Crippen molar-refractivity contribution >= 4 is 10.0 Å². The predicted octanol–water partition coefficient (Wildman–Crippen LogP) is 0.843. The Balaban J connectivity index is 2.09. The van der Waals surface area contributed by atoms with Crippen molar-refractivity contribution in [1.29, 1.82) is 0 Å². The predicted molar refractivity (Wildman–Crippen MR) is 76.7 cm³/mol. The van der Waals surface area contributed by atoms with E-state index >= 15 is 0 Å². The Hall–Kier alpha value is -0.890. The van der Waals surface area contributed by atoms with Gasteiger partial charge in [0.05, 0.1) is 6.54 Å². The smallest absolute Gasteiger partial charge is 0.276 e. The molecule has 1 fully saturated rings. The van der Waals surface area contributed by atoms with E-state index in [1.54, 1.807) is 13.1 Å². The average molecular weight is 301 g/mol. The van der Waals surface area contributed by atoms with Gasteiger partial charge in [-0.1, -0.05) is 6.92 Å². The number of piperidine rings is 1. The van der Waals surface area contributed by atoms with E-state index in [0.717, 1.165) is 32.5 Å². The largest absolute Gasteiger partial charge is 0.447 e. The molecule has 7 heteroatoms. The topological polar surface area (TPSA) is 79.8 Å². The van der Waals surface area contributed by atoms with Gasteiger partial charge in [-0.05, 0) is 44.6 Å². The summed E-state index contributed by atoms with van der Waals surface area (Å²) in [6.07, 6.45) is 1.71. The Morgan fingerprint density at radius 2 is 2.05 bits per heavy atom. The van der Waals surface area contributed by atoms with Crippen LogP contribution in [0.4, 0.5) is 0 Å². The lowest BCUT2D eigenvalue weighted by atomic mass is 10.1. The molecule has 0 unspecified atom stereocenters. The molecule has 2 heterocycles. The summed E-state index contributed by atoms with van der Waals surface area (Å²) in [6, 6.07) is 3.13. The zero-order chi connectivity index (χ0) is 14.8. The molecule has 1 saturated heterocycles. The second kappa shape index (κ2) is 6.26. The zero-order valence-electron chi connectivity index (χ0n) is 12.1. The van der Waals surface area contributed by atoms with E-state index in [1.165, 1.54) is 10.4 Å². The standard InChI is InChI=1S/C13H23N3O3S/c1-3-16-8-6-11(7-9-16)15(2)20(17,18)13-5-4-12(10-14)19-13/h4-5,11H,3,6-10,14H2,1-2H3. The van der Waals surface area contributed by atoms with E-state index in [0.29, 0.717) is 5.76 Å². The number of furan rings is 1. The van der Waals surface area contributed by atoms with Crippen molar-refractivity contribution < 1.29 is 12.8 Å². The molecule has 2 N–H and O–H groups in total. The monoisotopic (exact) mass is 301 g/mol. The van der Waals surface area contributed by atoms with Crippen LogP contribution in [0.25, 0.3) is 0 Å². The molecule has 2 rings (SSSR count). The van der Waals surface area contributed by atoms with Crippen molar-refractivity contribution in [2.75, 3.05) is 26.7 Å². The molecular formula is C13H23N3O3S. The van der Waals surface area contributed by atoms with Crippen LogP contribution in [0.5, 0.6) is 0 Å². The van der Waals surface area contributed by atoms with Crippen LogP contribution in [0.1, 0.15) is 25.5 Å². The van der Waals surface area contributed by atoms with Gasteiger partial charge in [0.2, 0.25) is 5.09 Å². The number of rotatable bonds is 5. The van der Waals surface area contributed by atoms with Crippen molar-refractivity contribution in [3.63, 3.8) is 0 Å². The van der Waals surface area contributed by atoms with Crippen LogP contribution in [0.2, 0.25) is 0 Å². The van der Waals surface area contributed by atoms with Gasteiger partial charge in [0.1, 0.15) is 5.76 Å². The van der Waals surface area contributed by atoms with Crippen molar-refractivity contribution in [3.8, 4) is 0 Å². The molecular weight excluding hydrogens is 278 g/mol. The lowest BCUT2D eigenvalue weighted by Crippen LogP contribution is -2.45. The first-order valence-electron chi connectivity index (χ1n) is 6.98. The van der Waals surface area contributed by atoms with E-state index in [-0.39, 0.29) is 17.7 Å². The fourth-order valence-corrected chi connectivity index (χ4v) is 3.88. The molecule has 114 valence electrons. The van der Waals surface area contributed by atoms with Crippen LogP contribution in [-0.2, 0) is 16.6 Å². The molecule has 6 nitrogen and oxygen atoms in total. The Morgan fingerprint density at radius 1 is 1.40 bits per heavy atom. The number of likely N-dealkylation sites (tertiary alicyclic amines) is 1. The van der Waals surface area contributed by atoms with E-state index in [2.05, 4.69) is 11.8 Å². The maximum absolute atomic E-state index is 12.5. The number of nitrogens with zero attached hydrogens (tertiary/aromatic N) is 2. The quantitative estimate of drug-likeness (QED) is 0.872. The Morgan fingerprint density at radius 3 is 2.55 bits per heavy atom. The maximum Gasteiger partial charge on any atom is 0.276 e. The van der Waals surface area contributed by atoms with E-state index in [9.17, 15) is 8.42 Å². The van der Waals surface area contributed by atoms with Crippen LogP contribution in [0.3, 0.4) is 0 Å². The fourth-order valence-electron chi connectivity index (χ4n) is 2.54. The molecule has 0 aromatic carbocycles. The molecule has 1 aliphatic heterocycles. The van der Waals surface area contributed by atoms with Crippen LogP contribution >= 0.6 is 0 Å². The van der Waals surface area contributed by atoms with E-state index < -0.39 is 10.0 Å². The third-order valence-corrected chi connectivity index (χ3v) is 5.77. The molecule has 0 amide bonds. The first-order valence-corrected chi connectivity index (χ1v) is 8.42. The summed E-state index contributed by atoms with van der Waals surface area (Å²) in [5.74, 6) is 0.484. The third kappa shape index (κ3) is 3.06. The summed E-state index contributed by atoms with van der Waals surface area (Å²) in [6.45, 7) is 5.22. The highest BCUT2D eigenvalue weighted by molar-refractivity contribution is 7.89. The summed E-state index contributed by atoms with van der Waals surface area (Å²) in [5, 5.41) is -0.0154. The first kappa shape index (κ1) is 15.5. The van der Waals surface area contributed by atoms with Crippen molar-refractivity contribution in [2.45, 2.75) is 37.4 Å². The van der Waals surface area contributed by atoms with Gasteiger partial charge < -0.3 is 15.1 Å². The summed E-state index contributed by atoms with van der Waals surface area (Å²) >= 11 is 0. The highest BCUT2D eigenvalue weighted by atomic mass is 32.2. The van der Waals surface area contributed by atoms with Gasteiger partial charge in [0.25, 0.3) is 10.0 Å². The summed E-state index contributed by atoms with van der Waals surface area (Å²) in [4.78, 5) is 2.33. The molecule has 0 aliphatic carbocycles. The SMILES string of the molecule is CCN1CCC(N(C)S(=O)(=O)c2ccc(CN)o2)CC1. The molecule has 0 atom stereocenters. The van der Waals surface area contributed by atoms with Crippen molar-refractivity contribution in [2.24, 2.45) is 5.73 Å². The second-order valence-electron chi connectivity index (χ2n) is 5.11. The number of hydrogen-bond donors (Lipinski definition) is 1. The lowest BCUT2D eigenvalue weighted by molar-refractivity contribution is 0.175. The van der Waals surface area contributed by atoms with Gasteiger partial charge in [-0.2, -0.15) is 4.31 Å². The molecule has 20 heavy (non-hydrogen) atoms.